The van der Waals surface area contributed by atoms with Crippen LogP contribution in [0.25, 0.3) is 16.8 Å². The monoisotopic (exact) mass is 370 g/mol. The summed E-state index contributed by atoms with van der Waals surface area (Å²) in [5.41, 5.74) is 7.29. The molecule has 2 aromatic carbocycles. The smallest absolute Gasteiger partial charge is 0.165 e. The van der Waals surface area contributed by atoms with Crippen LogP contribution in [0.15, 0.2) is 60.7 Å². The first-order chi connectivity index (χ1) is 13.3. The van der Waals surface area contributed by atoms with Gasteiger partial charge in [-0.1, -0.05) is 63.2 Å². The van der Waals surface area contributed by atoms with Crippen molar-refractivity contribution < 1.29 is 0 Å². The van der Waals surface area contributed by atoms with E-state index in [1.54, 1.807) is 0 Å². The molecule has 4 nitrogen and oxygen atoms in total. The van der Waals surface area contributed by atoms with Crippen LogP contribution in [0.2, 0.25) is 0 Å². The van der Waals surface area contributed by atoms with Gasteiger partial charge in [-0.25, -0.2) is 4.98 Å². The SMILES string of the molecule is Cc1cccc(Nc2cc(C(C)(C)C)nc3c(-c4ccccc4)c(C)nn23)c1. The van der Waals surface area contributed by atoms with Gasteiger partial charge < -0.3 is 5.32 Å². The van der Waals surface area contributed by atoms with E-state index in [1.807, 2.05) is 17.5 Å². The summed E-state index contributed by atoms with van der Waals surface area (Å²) < 4.78 is 1.93. The Morgan fingerprint density at radius 1 is 0.893 bits per heavy atom. The highest BCUT2D eigenvalue weighted by Gasteiger charge is 2.22. The van der Waals surface area contributed by atoms with Crippen molar-refractivity contribution in [2.24, 2.45) is 0 Å². The molecule has 2 heterocycles. The van der Waals surface area contributed by atoms with Gasteiger partial charge in [-0.3, -0.25) is 0 Å². The average Bonchev–Trinajstić information content (AvgIpc) is 2.98. The van der Waals surface area contributed by atoms with Crippen molar-refractivity contribution in [1.82, 2.24) is 14.6 Å². The zero-order valence-electron chi connectivity index (χ0n) is 17.1. The zero-order valence-corrected chi connectivity index (χ0v) is 17.1. The molecule has 0 bridgehead atoms. The topological polar surface area (TPSA) is 42.2 Å². The second-order valence-corrected chi connectivity index (χ2v) is 8.33. The Morgan fingerprint density at radius 3 is 2.32 bits per heavy atom. The molecule has 0 saturated carbocycles. The van der Waals surface area contributed by atoms with Crippen molar-refractivity contribution in [3.8, 4) is 11.1 Å². The minimum Gasteiger partial charge on any atom is -0.340 e. The second-order valence-electron chi connectivity index (χ2n) is 8.33. The molecule has 142 valence electrons. The number of fused-ring (bicyclic) bond motifs is 1. The summed E-state index contributed by atoms with van der Waals surface area (Å²) in [6, 6.07) is 20.8. The van der Waals surface area contributed by atoms with E-state index in [1.165, 1.54) is 5.56 Å². The molecule has 0 unspecified atom stereocenters. The Kier molecular flexibility index (Phi) is 4.42. The molecule has 0 spiro atoms. The largest absolute Gasteiger partial charge is 0.340 e. The van der Waals surface area contributed by atoms with Gasteiger partial charge in [0, 0.05) is 22.7 Å². The lowest BCUT2D eigenvalue weighted by Gasteiger charge is -2.20. The lowest BCUT2D eigenvalue weighted by Crippen LogP contribution is -2.16. The number of anilines is 2. The Balaban J connectivity index is 1.96. The Hall–Kier alpha value is -3.14. The number of benzene rings is 2. The van der Waals surface area contributed by atoms with Crippen molar-refractivity contribution in [3.05, 3.63) is 77.6 Å². The van der Waals surface area contributed by atoms with E-state index in [9.17, 15) is 0 Å². The predicted octanol–water partition coefficient (Wildman–Crippen LogP) is 6.05. The molecular formula is C24H26N4. The van der Waals surface area contributed by atoms with Crippen molar-refractivity contribution in [1.29, 1.82) is 0 Å². The summed E-state index contributed by atoms with van der Waals surface area (Å²) in [5.74, 6) is 0.922. The number of nitrogens with one attached hydrogen (secondary N) is 1. The number of nitrogens with zero attached hydrogens (tertiary/aromatic N) is 3. The maximum Gasteiger partial charge on any atom is 0.165 e. The summed E-state index contributed by atoms with van der Waals surface area (Å²) in [7, 11) is 0. The maximum atomic E-state index is 5.02. The molecule has 1 N–H and O–H groups in total. The molecule has 28 heavy (non-hydrogen) atoms. The highest BCUT2D eigenvalue weighted by atomic mass is 15.3. The molecule has 0 fully saturated rings. The lowest BCUT2D eigenvalue weighted by molar-refractivity contribution is 0.569. The number of hydrogen-bond acceptors (Lipinski definition) is 3. The van der Waals surface area contributed by atoms with Gasteiger partial charge in [-0.15, -0.1) is 0 Å². The normalized spacial score (nSPS) is 11.8. The highest BCUT2D eigenvalue weighted by molar-refractivity contribution is 5.81. The van der Waals surface area contributed by atoms with E-state index >= 15 is 0 Å². The van der Waals surface area contributed by atoms with E-state index in [0.29, 0.717) is 0 Å². The van der Waals surface area contributed by atoms with Gasteiger partial charge in [0.1, 0.15) is 5.82 Å². The summed E-state index contributed by atoms with van der Waals surface area (Å²) in [5, 5.41) is 8.38. The number of rotatable bonds is 3. The van der Waals surface area contributed by atoms with Crippen molar-refractivity contribution >= 4 is 17.2 Å². The number of aromatic nitrogens is 3. The molecule has 0 amide bonds. The summed E-state index contributed by atoms with van der Waals surface area (Å²) in [6.07, 6.45) is 0. The number of hydrogen-bond donors (Lipinski definition) is 1. The second kappa shape index (κ2) is 6.79. The molecular weight excluding hydrogens is 344 g/mol. The molecule has 4 heteroatoms. The van der Waals surface area contributed by atoms with E-state index < -0.39 is 0 Å². The fourth-order valence-corrected chi connectivity index (χ4v) is 3.41. The van der Waals surface area contributed by atoms with Crippen LogP contribution >= 0.6 is 0 Å². The molecule has 0 radical (unpaired) electrons. The van der Waals surface area contributed by atoms with Crippen LogP contribution < -0.4 is 5.32 Å². The van der Waals surface area contributed by atoms with E-state index in [-0.39, 0.29) is 5.41 Å². The minimum atomic E-state index is -0.0725. The van der Waals surface area contributed by atoms with Crippen molar-refractivity contribution in [3.63, 3.8) is 0 Å². The average molecular weight is 371 g/mol. The fraction of sp³-hybridized carbons (Fsp3) is 0.250. The van der Waals surface area contributed by atoms with Crippen LogP contribution in [0.1, 0.15) is 37.7 Å². The minimum absolute atomic E-state index is 0.0725. The molecule has 0 atom stereocenters. The van der Waals surface area contributed by atoms with Crippen LogP contribution in [-0.2, 0) is 5.41 Å². The van der Waals surface area contributed by atoms with E-state index in [0.717, 1.165) is 39.7 Å². The molecule has 0 aliphatic heterocycles. The van der Waals surface area contributed by atoms with Crippen LogP contribution in [0, 0.1) is 13.8 Å². The van der Waals surface area contributed by atoms with Gasteiger partial charge in [0.2, 0.25) is 0 Å². The third-order valence-corrected chi connectivity index (χ3v) is 4.89. The molecule has 0 aliphatic carbocycles. The third-order valence-electron chi connectivity index (χ3n) is 4.89. The van der Waals surface area contributed by atoms with Crippen molar-refractivity contribution in [2.45, 2.75) is 40.0 Å². The Bertz CT molecular complexity index is 1130. The van der Waals surface area contributed by atoms with Gasteiger partial charge in [0.15, 0.2) is 5.65 Å². The molecule has 2 aromatic heterocycles. The summed E-state index contributed by atoms with van der Waals surface area (Å²) in [6.45, 7) is 10.7. The first-order valence-electron chi connectivity index (χ1n) is 9.63. The molecule has 0 aliphatic rings. The van der Waals surface area contributed by atoms with Gasteiger partial charge >= 0.3 is 0 Å². The molecule has 0 saturated heterocycles. The quantitative estimate of drug-likeness (QED) is 0.477. The van der Waals surface area contributed by atoms with Gasteiger partial charge in [0.05, 0.1) is 11.4 Å². The van der Waals surface area contributed by atoms with Crippen molar-refractivity contribution in [2.75, 3.05) is 5.32 Å². The standard InChI is InChI=1S/C24H26N4/c1-16-10-9-13-19(14-16)25-21-15-20(24(3,4)5)26-23-22(17(2)27-28(21)23)18-11-7-6-8-12-18/h6-15,25H,1-5H3. The first-order valence-corrected chi connectivity index (χ1v) is 9.63. The molecule has 4 aromatic rings. The van der Waals surface area contributed by atoms with E-state index in [4.69, 9.17) is 10.1 Å². The summed E-state index contributed by atoms with van der Waals surface area (Å²) >= 11 is 0. The number of aryl methyl sites for hydroxylation is 2. The third kappa shape index (κ3) is 3.38. The van der Waals surface area contributed by atoms with Gasteiger partial charge in [0.25, 0.3) is 0 Å². The molecule has 4 rings (SSSR count). The van der Waals surface area contributed by atoms with Crippen LogP contribution in [-0.4, -0.2) is 14.6 Å². The summed E-state index contributed by atoms with van der Waals surface area (Å²) in [4.78, 5) is 5.02. The highest BCUT2D eigenvalue weighted by Crippen LogP contribution is 2.32. The maximum absolute atomic E-state index is 5.02. The van der Waals surface area contributed by atoms with Crippen LogP contribution in [0.3, 0.4) is 0 Å². The Morgan fingerprint density at radius 2 is 1.64 bits per heavy atom. The predicted molar refractivity (Wildman–Crippen MR) is 116 cm³/mol. The van der Waals surface area contributed by atoms with Crippen LogP contribution in [0.4, 0.5) is 11.5 Å². The van der Waals surface area contributed by atoms with Crippen LogP contribution in [0.5, 0.6) is 0 Å². The van der Waals surface area contributed by atoms with E-state index in [2.05, 4.69) is 87.6 Å². The van der Waals surface area contributed by atoms with Gasteiger partial charge in [-0.05, 0) is 37.1 Å². The fourth-order valence-electron chi connectivity index (χ4n) is 3.41. The Labute approximate surface area is 166 Å². The lowest BCUT2D eigenvalue weighted by atomic mass is 9.92. The zero-order chi connectivity index (χ0) is 19.9. The van der Waals surface area contributed by atoms with Gasteiger partial charge in [-0.2, -0.15) is 9.61 Å². The first kappa shape index (κ1) is 18.2.